The van der Waals surface area contributed by atoms with Gasteiger partial charge in [0.1, 0.15) is 23.0 Å². The molecule has 3 N–H and O–H groups in total. The van der Waals surface area contributed by atoms with Gasteiger partial charge in [-0.3, -0.25) is 23.9 Å². The Labute approximate surface area is 283 Å². The lowest BCUT2D eigenvalue weighted by Gasteiger charge is -2.29. The van der Waals surface area contributed by atoms with Crippen molar-refractivity contribution in [1.82, 2.24) is 40.6 Å². The third-order valence-corrected chi connectivity index (χ3v) is 8.96. The van der Waals surface area contributed by atoms with E-state index in [1.165, 1.54) is 22.5 Å². The molecule has 5 rings (SSSR count). The van der Waals surface area contributed by atoms with E-state index in [4.69, 9.17) is 4.42 Å². The number of hydrogen-bond donors (Lipinski definition) is 3. The number of carbonyl (C=O) groups excluding carboxylic acids is 4. The largest absolute Gasteiger partial charge is 0.446 e. The molecule has 0 unspecified atom stereocenters. The molecular formula is C34H42N8O5S. The number of aromatic nitrogens is 4. The lowest BCUT2D eigenvalue weighted by atomic mass is 10.0. The molecule has 14 heteroatoms. The Kier molecular flexibility index (Phi) is 11.0. The van der Waals surface area contributed by atoms with Crippen molar-refractivity contribution in [3.63, 3.8) is 0 Å². The number of nitrogens with one attached hydrogen (secondary N) is 3. The fourth-order valence-corrected chi connectivity index (χ4v) is 6.58. The van der Waals surface area contributed by atoms with Gasteiger partial charge in [-0.15, -0.1) is 11.3 Å². The lowest BCUT2D eigenvalue weighted by molar-refractivity contribution is -0.137. The maximum atomic E-state index is 13.8. The third-order valence-electron chi connectivity index (χ3n) is 8.00. The number of carbonyl (C=O) groups is 4. The van der Waals surface area contributed by atoms with Crippen LogP contribution in [0.2, 0.25) is 0 Å². The summed E-state index contributed by atoms with van der Waals surface area (Å²) in [7, 11) is 0. The van der Waals surface area contributed by atoms with Gasteiger partial charge in [-0.1, -0.05) is 44.2 Å². The molecule has 3 atom stereocenters. The molecule has 3 aromatic heterocycles. The van der Waals surface area contributed by atoms with Crippen LogP contribution in [0.1, 0.15) is 94.5 Å². The third kappa shape index (κ3) is 8.94. The van der Waals surface area contributed by atoms with Crippen LogP contribution < -0.4 is 16.0 Å². The average molecular weight is 675 g/mol. The topological polar surface area (TPSA) is 164 Å². The fourth-order valence-electron chi connectivity index (χ4n) is 5.73. The van der Waals surface area contributed by atoms with Gasteiger partial charge in [-0.25, -0.2) is 9.97 Å². The zero-order valence-corrected chi connectivity index (χ0v) is 28.7. The molecule has 0 saturated carbocycles. The first kappa shape index (κ1) is 34.5. The van der Waals surface area contributed by atoms with Crippen molar-refractivity contribution in [3.8, 4) is 0 Å². The summed E-state index contributed by atoms with van der Waals surface area (Å²) < 4.78 is 7.35. The molecule has 0 spiro atoms. The Balaban J connectivity index is 1.48. The quantitative estimate of drug-likeness (QED) is 0.266. The normalized spacial score (nSPS) is 19.3. The predicted octanol–water partition coefficient (Wildman–Crippen LogP) is 3.91. The van der Waals surface area contributed by atoms with Gasteiger partial charge in [-0.05, 0) is 51.2 Å². The Morgan fingerprint density at radius 2 is 1.79 bits per heavy atom. The summed E-state index contributed by atoms with van der Waals surface area (Å²) in [6.07, 6.45) is 2.33. The summed E-state index contributed by atoms with van der Waals surface area (Å²) in [6.45, 7) is 9.78. The lowest BCUT2D eigenvalue weighted by Crippen LogP contribution is -2.50. The van der Waals surface area contributed by atoms with Crippen LogP contribution >= 0.6 is 11.3 Å². The second-order valence-corrected chi connectivity index (χ2v) is 13.5. The number of amides is 4. The summed E-state index contributed by atoms with van der Waals surface area (Å²) in [5.74, 6) is -1.23. The average Bonchev–Trinajstić information content (AvgIpc) is 3.79. The minimum atomic E-state index is -0.648. The van der Waals surface area contributed by atoms with Gasteiger partial charge in [0.2, 0.25) is 17.7 Å². The predicted molar refractivity (Wildman–Crippen MR) is 179 cm³/mol. The molecule has 254 valence electrons. The van der Waals surface area contributed by atoms with E-state index >= 15 is 0 Å². The maximum Gasteiger partial charge on any atom is 0.273 e. The number of fused-ring (bicyclic) bond motifs is 4. The van der Waals surface area contributed by atoms with Crippen molar-refractivity contribution < 1.29 is 23.6 Å². The Hall–Kier alpha value is -4.85. The molecule has 48 heavy (non-hydrogen) atoms. The van der Waals surface area contributed by atoms with Gasteiger partial charge >= 0.3 is 0 Å². The molecule has 13 nitrogen and oxygen atoms in total. The summed E-state index contributed by atoms with van der Waals surface area (Å²) in [6, 6.07) is 9.91. The Bertz CT molecular complexity index is 1750. The van der Waals surface area contributed by atoms with Crippen molar-refractivity contribution in [1.29, 1.82) is 0 Å². The maximum absolute atomic E-state index is 13.8. The number of nitrogens with zero attached hydrogens (tertiary/aromatic N) is 5. The number of oxazole rings is 1. The second-order valence-electron chi connectivity index (χ2n) is 12.6. The van der Waals surface area contributed by atoms with Crippen molar-refractivity contribution >= 4 is 35.0 Å². The Morgan fingerprint density at radius 3 is 2.50 bits per heavy atom. The smallest absolute Gasteiger partial charge is 0.273 e. The van der Waals surface area contributed by atoms with Crippen LogP contribution in [0.15, 0.2) is 52.5 Å². The van der Waals surface area contributed by atoms with E-state index in [2.05, 4.69) is 31.0 Å². The highest BCUT2D eigenvalue weighted by atomic mass is 32.1. The standard InChI is InChI=1S/C34H42N8O5S/c1-20(2)13-25-16-41(30(44)11-12-42-22(4)14-21(3)40-42)17-29(43)37-26(15-24-9-7-6-8-10-24)34-39-28(19-48-34)32(46)35-23(5)33-38-27(18-47-33)31(45)36-25/h6-10,14,18-20,23,25-26H,11-13,15-17H2,1-5H3,(H,35,46)(H,36,45)(H,37,43)/t23-,25-,26-/m1/s1. The Morgan fingerprint density at radius 1 is 1.04 bits per heavy atom. The minimum Gasteiger partial charge on any atom is -0.446 e. The van der Waals surface area contributed by atoms with Gasteiger partial charge in [0.05, 0.1) is 18.3 Å². The van der Waals surface area contributed by atoms with Crippen LogP contribution in [0.25, 0.3) is 0 Å². The molecule has 4 heterocycles. The van der Waals surface area contributed by atoms with E-state index in [1.54, 1.807) is 17.0 Å². The van der Waals surface area contributed by atoms with Gasteiger partial charge in [-0.2, -0.15) is 5.10 Å². The molecule has 4 amide bonds. The highest BCUT2D eigenvalue weighted by molar-refractivity contribution is 7.09. The van der Waals surface area contributed by atoms with Crippen molar-refractivity contribution in [2.45, 2.75) is 78.6 Å². The zero-order valence-electron chi connectivity index (χ0n) is 27.9. The SMILES string of the molecule is Cc1cc(C)n(CCC(=O)N2CC(=O)N[C@H](Cc3ccccc3)c3nc(cs3)C(=O)N[C@H](C)c3nc(co3)C(=O)N[C@H](CC(C)C)C2)n1. The monoisotopic (exact) mass is 674 g/mol. The number of hydrogen-bond acceptors (Lipinski definition) is 9. The van der Waals surface area contributed by atoms with E-state index in [-0.39, 0.29) is 54.5 Å². The molecule has 1 aliphatic heterocycles. The van der Waals surface area contributed by atoms with Crippen LogP contribution in [-0.2, 0) is 22.6 Å². The summed E-state index contributed by atoms with van der Waals surface area (Å²) in [4.78, 5) is 64.5. The number of thiazole rings is 1. The summed E-state index contributed by atoms with van der Waals surface area (Å²) >= 11 is 1.27. The molecule has 4 aromatic rings. The number of aryl methyl sites for hydroxylation is 3. The fraction of sp³-hybridized carbons (Fsp3) is 0.441. The second kappa shape index (κ2) is 15.4. The molecule has 0 saturated heterocycles. The summed E-state index contributed by atoms with van der Waals surface area (Å²) in [5, 5.41) is 15.6. The first-order valence-electron chi connectivity index (χ1n) is 16.1. The van der Waals surface area contributed by atoms with E-state index in [0.717, 1.165) is 17.0 Å². The van der Waals surface area contributed by atoms with Crippen LogP contribution in [0.3, 0.4) is 0 Å². The van der Waals surface area contributed by atoms with Crippen molar-refractivity contribution in [3.05, 3.63) is 87.3 Å². The van der Waals surface area contributed by atoms with Gasteiger partial charge in [0, 0.05) is 36.6 Å². The number of rotatable bonds is 7. The number of benzene rings is 1. The molecule has 0 aliphatic carbocycles. The molecule has 0 fully saturated rings. The van der Waals surface area contributed by atoms with Crippen LogP contribution in [0.5, 0.6) is 0 Å². The highest BCUT2D eigenvalue weighted by Gasteiger charge is 2.28. The molecule has 1 aliphatic rings. The van der Waals surface area contributed by atoms with Gasteiger partial charge in [0.25, 0.3) is 11.8 Å². The molecule has 1 aromatic carbocycles. The molecule has 4 bridgehead atoms. The first-order valence-corrected chi connectivity index (χ1v) is 17.0. The van der Waals surface area contributed by atoms with E-state index in [9.17, 15) is 19.2 Å². The van der Waals surface area contributed by atoms with E-state index < -0.39 is 29.9 Å². The summed E-state index contributed by atoms with van der Waals surface area (Å²) in [5.41, 5.74) is 2.98. The molecular weight excluding hydrogens is 632 g/mol. The van der Waals surface area contributed by atoms with Gasteiger partial charge < -0.3 is 25.3 Å². The van der Waals surface area contributed by atoms with Crippen molar-refractivity contribution in [2.75, 3.05) is 13.1 Å². The van der Waals surface area contributed by atoms with Crippen LogP contribution in [0, 0.1) is 19.8 Å². The highest BCUT2D eigenvalue weighted by Crippen LogP contribution is 2.24. The van der Waals surface area contributed by atoms with Crippen molar-refractivity contribution in [2.24, 2.45) is 5.92 Å². The van der Waals surface area contributed by atoms with Crippen LogP contribution in [0.4, 0.5) is 0 Å². The van der Waals surface area contributed by atoms with Crippen LogP contribution in [-0.4, -0.2) is 67.4 Å². The van der Waals surface area contributed by atoms with E-state index in [0.29, 0.717) is 24.4 Å². The van der Waals surface area contributed by atoms with E-state index in [1.807, 2.05) is 64.1 Å². The molecule has 0 radical (unpaired) electrons. The minimum absolute atomic E-state index is 0.0424. The zero-order chi connectivity index (χ0) is 34.4. The van der Waals surface area contributed by atoms with Gasteiger partial charge in [0.15, 0.2) is 5.69 Å². The first-order chi connectivity index (χ1) is 22.9.